The van der Waals surface area contributed by atoms with Gasteiger partial charge in [0.15, 0.2) is 5.75 Å². The maximum atomic E-state index is 11.6. The highest BCUT2D eigenvalue weighted by molar-refractivity contribution is 5.91. The van der Waals surface area contributed by atoms with Gasteiger partial charge in [0, 0.05) is 6.07 Å². The predicted octanol–water partition coefficient (Wildman–Crippen LogP) is 5.03. The number of hydrogen-bond donors (Lipinski definition) is 1. The summed E-state index contributed by atoms with van der Waals surface area (Å²) in [5.74, 6) is 0.757. The van der Waals surface area contributed by atoms with Crippen molar-refractivity contribution in [3.05, 3.63) is 57.4 Å². The molecule has 0 atom stereocenters. The van der Waals surface area contributed by atoms with E-state index in [2.05, 4.69) is 16.0 Å². The molecule has 1 heterocycles. The first kappa shape index (κ1) is 20.9. The molecule has 0 amide bonds. The summed E-state index contributed by atoms with van der Waals surface area (Å²) in [7, 11) is 0. The highest BCUT2D eigenvalue weighted by atomic mass is 16.6. The molecule has 0 spiro atoms. The van der Waals surface area contributed by atoms with Crippen LogP contribution in [0, 0.1) is 28.4 Å². The molecule has 8 heteroatoms. The lowest BCUT2D eigenvalue weighted by atomic mass is 10.1. The number of nitrogens with zero attached hydrogens (tertiary/aromatic N) is 3. The second-order valence-electron chi connectivity index (χ2n) is 6.68. The van der Waals surface area contributed by atoms with Gasteiger partial charge in [-0.1, -0.05) is 13.0 Å². The summed E-state index contributed by atoms with van der Waals surface area (Å²) in [6.07, 6.45) is 2.25. The molecule has 154 valence electrons. The van der Waals surface area contributed by atoms with Crippen molar-refractivity contribution < 1.29 is 14.4 Å². The van der Waals surface area contributed by atoms with Crippen molar-refractivity contribution in [2.45, 2.75) is 27.2 Å². The number of H-pyrrole nitrogens is 1. The van der Waals surface area contributed by atoms with Gasteiger partial charge in [-0.3, -0.25) is 10.1 Å². The number of imidazole rings is 1. The van der Waals surface area contributed by atoms with Gasteiger partial charge in [0.1, 0.15) is 11.9 Å². The molecule has 0 aliphatic carbocycles. The lowest BCUT2D eigenvalue weighted by molar-refractivity contribution is -0.386. The van der Waals surface area contributed by atoms with Crippen LogP contribution >= 0.6 is 0 Å². The van der Waals surface area contributed by atoms with E-state index < -0.39 is 4.92 Å². The first-order valence-electron chi connectivity index (χ1n) is 9.63. The fourth-order valence-electron chi connectivity index (χ4n) is 3.01. The number of allylic oxidation sites excluding steroid dienone is 1. The summed E-state index contributed by atoms with van der Waals surface area (Å²) < 4.78 is 11.2. The first-order valence-corrected chi connectivity index (χ1v) is 9.63. The highest BCUT2D eigenvalue weighted by Crippen LogP contribution is 2.39. The van der Waals surface area contributed by atoms with E-state index in [1.165, 1.54) is 6.07 Å². The quantitative estimate of drug-likeness (QED) is 0.319. The molecule has 0 aliphatic rings. The van der Waals surface area contributed by atoms with E-state index in [1.54, 1.807) is 19.1 Å². The predicted molar refractivity (Wildman–Crippen MR) is 114 cm³/mol. The number of aromatic nitrogens is 2. The molecule has 3 aromatic rings. The van der Waals surface area contributed by atoms with E-state index in [4.69, 9.17) is 9.47 Å². The van der Waals surface area contributed by atoms with Crippen LogP contribution < -0.4 is 9.47 Å². The van der Waals surface area contributed by atoms with Crippen LogP contribution in [0.15, 0.2) is 30.3 Å². The third-order valence-electron chi connectivity index (χ3n) is 4.33. The van der Waals surface area contributed by atoms with Crippen molar-refractivity contribution in [3.8, 4) is 17.6 Å². The zero-order chi connectivity index (χ0) is 21.7. The number of aryl methyl sites for hydroxylation is 1. The smallest absolute Gasteiger partial charge is 0.315 e. The van der Waals surface area contributed by atoms with Crippen molar-refractivity contribution in [3.63, 3.8) is 0 Å². The summed E-state index contributed by atoms with van der Waals surface area (Å²) in [5.41, 5.74) is 3.11. The largest absolute Gasteiger partial charge is 0.490 e. The van der Waals surface area contributed by atoms with Gasteiger partial charge >= 0.3 is 5.69 Å². The Morgan fingerprint density at radius 1 is 1.30 bits per heavy atom. The van der Waals surface area contributed by atoms with Gasteiger partial charge in [-0.25, -0.2) is 4.98 Å². The number of fused-ring (bicyclic) bond motifs is 1. The minimum atomic E-state index is -0.513. The molecule has 0 radical (unpaired) electrons. The lowest BCUT2D eigenvalue weighted by Crippen LogP contribution is -2.04. The SMILES string of the molecule is CCCOc1c(OCC)cc(/C=C(/C#N)c2nc3ccc(C)cc3[nH]2)cc1[N+](=O)[O-]. The number of nitro groups is 1. The molecule has 1 aromatic heterocycles. The monoisotopic (exact) mass is 406 g/mol. The van der Waals surface area contributed by atoms with Gasteiger partial charge in [-0.05, 0) is 55.7 Å². The van der Waals surface area contributed by atoms with Crippen LogP contribution in [-0.2, 0) is 0 Å². The number of nitriles is 1. The average molecular weight is 406 g/mol. The summed E-state index contributed by atoms with van der Waals surface area (Å²) in [5, 5.41) is 21.3. The van der Waals surface area contributed by atoms with E-state index in [-0.39, 0.29) is 22.8 Å². The molecule has 1 N–H and O–H groups in total. The fourth-order valence-corrected chi connectivity index (χ4v) is 3.01. The van der Waals surface area contributed by atoms with Crippen molar-refractivity contribution >= 4 is 28.4 Å². The van der Waals surface area contributed by atoms with Crippen molar-refractivity contribution in [1.82, 2.24) is 9.97 Å². The summed E-state index contributed by atoms with van der Waals surface area (Å²) >= 11 is 0. The summed E-state index contributed by atoms with van der Waals surface area (Å²) in [6, 6.07) is 10.9. The molecular weight excluding hydrogens is 384 g/mol. The molecule has 30 heavy (non-hydrogen) atoms. The third kappa shape index (κ3) is 4.41. The Morgan fingerprint density at radius 2 is 2.10 bits per heavy atom. The van der Waals surface area contributed by atoms with Crippen molar-refractivity contribution in [2.75, 3.05) is 13.2 Å². The Balaban J connectivity index is 2.10. The van der Waals surface area contributed by atoms with Crippen LogP contribution in [0.1, 0.15) is 37.2 Å². The Hall–Kier alpha value is -3.86. The minimum Gasteiger partial charge on any atom is -0.490 e. The van der Waals surface area contributed by atoms with Crippen LogP contribution in [0.3, 0.4) is 0 Å². The Morgan fingerprint density at radius 3 is 2.77 bits per heavy atom. The zero-order valence-electron chi connectivity index (χ0n) is 17.1. The number of nitrogens with one attached hydrogen (secondary N) is 1. The number of rotatable bonds is 8. The second kappa shape index (κ2) is 9.09. The fraction of sp³-hybridized carbons (Fsp3) is 0.273. The van der Waals surface area contributed by atoms with Crippen LogP contribution in [0.2, 0.25) is 0 Å². The van der Waals surface area contributed by atoms with Crippen molar-refractivity contribution in [1.29, 1.82) is 5.26 Å². The number of hydrogen-bond acceptors (Lipinski definition) is 6. The minimum absolute atomic E-state index is 0.0959. The van der Waals surface area contributed by atoms with E-state index in [1.807, 2.05) is 32.0 Å². The Kier molecular flexibility index (Phi) is 6.32. The van der Waals surface area contributed by atoms with Gasteiger partial charge in [0.2, 0.25) is 5.75 Å². The third-order valence-corrected chi connectivity index (χ3v) is 4.33. The molecule has 0 aliphatic heterocycles. The molecule has 0 unspecified atom stereocenters. The molecule has 0 saturated carbocycles. The average Bonchev–Trinajstić information content (AvgIpc) is 3.13. The van der Waals surface area contributed by atoms with Gasteiger partial charge < -0.3 is 14.5 Å². The maximum Gasteiger partial charge on any atom is 0.315 e. The van der Waals surface area contributed by atoms with E-state index in [0.717, 1.165) is 16.6 Å². The highest BCUT2D eigenvalue weighted by Gasteiger charge is 2.22. The number of aromatic amines is 1. The Labute approximate surface area is 173 Å². The first-order chi connectivity index (χ1) is 14.5. The zero-order valence-corrected chi connectivity index (χ0v) is 17.1. The van der Waals surface area contributed by atoms with Gasteiger partial charge in [-0.2, -0.15) is 5.26 Å². The normalized spacial score (nSPS) is 11.3. The molecular formula is C22H22N4O4. The number of ether oxygens (including phenoxy) is 2. The lowest BCUT2D eigenvalue weighted by Gasteiger charge is -2.12. The van der Waals surface area contributed by atoms with Crippen molar-refractivity contribution in [2.24, 2.45) is 0 Å². The molecule has 2 aromatic carbocycles. The number of benzene rings is 2. The van der Waals surface area contributed by atoms with E-state index in [0.29, 0.717) is 31.0 Å². The topological polar surface area (TPSA) is 114 Å². The van der Waals surface area contributed by atoms with Gasteiger partial charge in [0.05, 0.1) is 34.7 Å². The van der Waals surface area contributed by atoms with Crippen LogP contribution in [0.5, 0.6) is 11.5 Å². The van der Waals surface area contributed by atoms with Gasteiger partial charge in [-0.15, -0.1) is 0 Å². The van der Waals surface area contributed by atoms with Gasteiger partial charge in [0.25, 0.3) is 0 Å². The van der Waals surface area contributed by atoms with Crippen LogP contribution in [0.4, 0.5) is 5.69 Å². The van der Waals surface area contributed by atoms with E-state index >= 15 is 0 Å². The van der Waals surface area contributed by atoms with Crippen LogP contribution in [-0.4, -0.2) is 28.1 Å². The molecule has 0 fully saturated rings. The molecule has 8 nitrogen and oxygen atoms in total. The summed E-state index contributed by atoms with van der Waals surface area (Å²) in [4.78, 5) is 18.7. The number of nitro benzene ring substituents is 1. The van der Waals surface area contributed by atoms with Crippen LogP contribution in [0.25, 0.3) is 22.7 Å². The standard InChI is InChI=1S/C22H22N4O4/c1-4-8-30-21-19(26(27)28)11-15(12-20(21)29-5-2)10-16(13-23)22-24-17-7-6-14(3)9-18(17)25-22/h6-7,9-12H,4-5,8H2,1-3H3,(H,24,25)/b16-10-. The maximum absolute atomic E-state index is 11.6. The molecule has 3 rings (SSSR count). The second-order valence-corrected chi connectivity index (χ2v) is 6.68. The molecule has 0 saturated heterocycles. The Bertz CT molecular complexity index is 1160. The summed E-state index contributed by atoms with van der Waals surface area (Å²) in [6.45, 7) is 6.32. The molecule has 0 bridgehead atoms. The van der Waals surface area contributed by atoms with E-state index in [9.17, 15) is 15.4 Å².